The summed E-state index contributed by atoms with van der Waals surface area (Å²) in [4.78, 5) is 28.5. The molecule has 0 bridgehead atoms. The summed E-state index contributed by atoms with van der Waals surface area (Å²) in [5, 5.41) is 2.93. The summed E-state index contributed by atoms with van der Waals surface area (Å²) in [5.41, 5.74) is 0.941. The van der Waals surface area contributed by atoms with Crippen LogP contribution in [-0.4, -0.2) is 77.1 Å². The molecule has 3 saturated heterocycles. The lowest BCUT2D eigenvalue weighted by molar-refractivity contribution is -0.140. The van der Waals surface area contributed by atoms with Crippen LogP contribution in [0.25, 0.3) is 0 Å². The van der Waals surface area contributed by atoms with Gasteiger partial charge in [0, 0.05) is 37.8 Å². The van der Waals surface area contributed by atoms with Gasteiger partial charge < -0.3 is 19.9 Å². The molecule has 2 N–H and O–H groups in total. The van der Waals surface area contributed by atoms with Crippen LogP contribution in [0.4, 0.5) is 9.18 Å². The van der Waals surface area contributed by atoms with Gasteiger partial charge in [-0.3, -0.25) is 4.79 Å². The lowest BCUT2D eigenvalue weighted by atomic mass is 9.56. The van der Waals surface area contributed by atoms with Gasteiger partial charge >= 0.3 is 6.03 Å². The summed E-state index contributed by atoms with van der Waals surface area (Å²) in [6.45, 7) is 2.68. The Hall–Kier alpha value is -2.20. The summed E-state index contributed by atoms with van der Waals surface area (Å²) in [5.74, 6) is -0.201. The third kappa shape index (κ3) is 3.98. The van der Waals surface area contributed by atoms with Gasteiger partial charge in [0.25, 0.3) is 0 Å². The number of carbonyl (C=O) groups is 2. The zero-order valence-corrected chi connectivity index (χ0v) is 19.0. The second kappa shape index (κ2) is 7.69. The van der Waals surface area contributed by atoms with E-state index in [2.05, 4.69) is 5.32 Å². The van der Waals surface area contributed by atoms with Gasteiger partial charge in [0.05, 0.1) is 26.8 Å². The number of morpholine rings is 1. The van der Waals surface area contributed by atoms with E-state index in [4.69, 9.17) is 9.52 Å². The molecule has 3 aliphatic heterocycles. The predicted octanol–water partition coefficient (Wildman–Crippen LogP) is 1.82. The van der Waals surface area contributed by atoms with Crippen LogP contribution < -0.4 is 5.32 Å². The van der Waals surface area contributed by atoms with Gasteiger partial charge in [-0.2, -0.15) is 0 Å². The van der Waals surface area contributed by atoms with Crippen molar-refractivity contribution in [1.82, 2.24) is 15.1 Å². The lowest BCUT2D eigenvalue weighted by Crippen LogP contribution is -2.68. The molecule has 3 amide bonds. The first-order valence-electron chi connectivity index (χ1n) is 11.1. The maximum absolute atomic E-state index is 13.6. The van der Waals surface area contributed by atoms with Crippen LogP contribution in [0.15, 0.2) is 23.1 Å². The zero-order chi connectivity index (χ0) is 22.7. The van der Waals surface area contributed by atoms with Gasteiger partial charge in [-0.1, -0.05) is 6.07 Å². The molecule has 3 atom stereocenters. The van der Waals surface area contributed by atoms with Crippen LogP contribution in [-0.2, 0) is 25.7 Å². The van der Waals surface area contributed by atoms with E-state index in [1.165, 1.54) is 18.4 Å². The van der Waals surface area contributed by atoms with E-state index in [-0.39, 0.29) is 36.1 Å². The molecule has 10 heteroatoms. The molecule has 0 radical (unpaired) electrons. The number of rotatable bonds is 3. The summed E-state index contributed by atoms with van der Waals surface area (Å²) < 4.78 is 39.3. The minimum Gasteiger partial charge on any atom is -0.366 e. The normalized spacial score (nSPS) is 28.9. The number of piperidine rings is 1. The number of benzene rings is 1. The highest BCUT2D eigenvalue weighted by Crippen LogP contribution is 2.53. The average molecular weight is 465 g/mol. The Bertz CT molecular complexity index is 1050. The van der Waals surface area contributed by atoms with Crippen LogP contribution in [0.5, 0.6) is 0 Å². The molecule has 4 fully saturated rings. The maximum Gasteiger partial charge on any atom is 0.320 e. The number of nitrogens with one attached hydrogen (secondary N) is 2. The molecule has 8 nitrogen and oxygen atoms in total. The Morgan fingerprint density at radius 2 is 2.09 bits per heavy atom. The van der Waals surface area contributed by atoms with Gasteiger partial charge in [-0.15, -0.1) is 0 Å². The van der Waals surface area contributed by atoms with Crippen LogP contribution in [0.1, 0.15) is 24.8 Å². The van der Waals surface area contributed by atoms with Gasteiger partial charge in [0.2, 0.25) is 5.91 Å². The quantitative estimate of drug-likeness (QED) is 0.712. The second-order valence-corrected chi connectivity index (χ2v) is 12.1. The van der Waals surface area contributed by atoms with E-state index < -0.39 is 15.5 Å². The Morgan fingerprint density at radius 1 is 1.34 bits per heavy atom. The molecule has 1 aromatic carbocycles. The highest BCUT2D eigenvalue weighted by molar-refractivity contribution is 7.91. The number of carbonyl (C=O) groups excluding carboxylic acids is 2. The number of amides is 3. The van der Waals surface area contributed by atoms with Crippen LogP contribution in [0.2, 0.25) is 0 Å². The van der Waals surface area contributed by atoms with E-state index >= 15 is 0 Å². The van der Waals surface area contributed by atoms with Crippen LogP contribution in [0, 0.1) is 21.9 Å². The topological polar surface area (TPSA) is 103 Å². The standard InChI is InChI=1S/C22H29FN4O4S/c1-32(24,30)19-7-16(23)3-2-15(19)6-14-8-22(9-14)12-27(13-22)21(29)26-5-4-18-17(10-26)25-20(28)11-31-18/h2-3,7,14,17-18,24H,4-6,8-13H2,1H3,(H,25,28)/t17-,18+,32?/m1/s1. The highest BCUT2D eigenvalue weighted by atomic mass is 32.2. The number of nitrogens with zero attached hydrogens (tertiary/aromatic N) is 2. The summed E-state index contributed by atoms with van der Waals surface area (Å²) in [6, 6.07) is 4.14. The number of hydrogen-bond donors (Lipinski definition) is 2. The van der Waals surface area contributed by atoms with E-state index in [1.807, 2.05) is 9.80 Å². The SMILES string of the molecule is CS(=N)(=O)c1cc(F)ccc1CC1CC2(C1)CN(C(=O)N1CC[C@@H]3OCC(=O)N[C@@H]3C1)C2. The minimum atomic E-state index is -2.98. The Labute approximate surface area is 187 Å². The first-order chi connectivity index (χ1) is 15.1. The van der Waals surface area contributed by atoms with E-state index in [0.29, 0.717) is 30.3 Å². The molecule has 174 valence electrons. The van der Waals surface area contributed by atoms with Crippen molar-refractivity contribution in [2.45, 2.75) is 42.7 Å². The molecule has 0 aromatic heterocycles. The molecular weight excluding hydrogens is 435 g/mol. The van der Waals surface area contributed by atoms with Crippen molar-refractivity contribution >= 4 is 21.7 Å². The largest absolute Gasteiger partial charge is 0.366 e. The highest BCUT2D eigenvalue weighted by Gasteiger charge is 2.54. The molecule has 1 aliphatic carbocycles. The lowest BCUT2D eigenvalue weighted by Gasteiger charge is -2.60. The molecule has 3 heterocycles. The number of likely N-dealkylation sites (tertiary alicyclic amines) is 2. The number of urea groups is 1. The first kappa shape index (κ1) is 21.6. The Kier molecular flexibility index (Phi) is 5.20. The van der Waals surface area contributed by atoms with E-state index in [0.717, 1.165) is 37.9 Å². The van der Waals surface area contributed by atoms with E-state index in [9.17, 15) is 18.2 Å². The summed E-state index contributed by atoms with van der Waals surface area (Å²) >= 11 is 0. The van der Waals surface area contributed by atoms with Crippen molar-refractivity contribution in [3.63, 3.8) is 0 Å². The zero-order valence-electron chi connectivity index (χ0n) is 18.1. The van der Waals surface area contributed by atoms with Gasteiger partial charge in [0.15, 0.2) is 0 Å². The third-order valence-corrected chi connectivity index (χ3v) is 8.54. The summed E-state index contributed by atoms with van der Waals surface area (Å²) in [6.07, 6.45) is 4.69. The second-order valence-electron chi connectivity index (χ2n) is 9.97. The Morgan fingerprint density at radius 3 is 2.81 bits per heavy atom. The molecule has 1 aromatic rings. The van der Waals surface area contributed by atoms with Crippen molar-refractivity contribution in [2.24, 2.45) is 11.3 Å². The molecule has 1 spiro atoms. The number of hydrogen-bond acceptors (Lipinski definition) is 5. The van der Waals surface area contributed by atoms with Gasteiger partial charge in [-0.05, 0) is 49.3 Å². The Balaban J connectivity index is 1.13. The predicted molar refractivity (Wildman–Crippen MR) is 115 cm³/mol. The summed E-state index contributed by atoms with van der Waals surface area (Å²) in [7, 11) is -2.98. The molecular formula is C22H29FN4O4S. The fraction of sp³-hybridized carbons (Fsp3) is 0.636. The molecule has 4 aliphatic rings. The smallest absolute Gasteiger partial charge is 0.320 e. The molecule has 32 heavy (non-hydrogen) atoms. The van der Waals surface area contributed by atoms with E-state index in [1.54, 1.807) is 6.07 Å². The molecule has 1 saturated carbocycles. The van der Waals surface area contributed by atoms with Crippen LogP contribution >= 0.6 is 0 Å². The fourth-order valence-corrected chi connectivity index (χ4v) is 6.90. The van der Waals surface area contributed by atoms with Crippen molar-refractivity contribution in [1.29, 1.82) is 4.78 Å². The number of ether oxygens (including phenoxy) is 1. The van der Waals surface area contributed by atoms with Crippen LogP contribution in [0.3, 0.4) is 0 Å². The number of fused-ring (bicyclic) bond motifs is 1. The molecule has 1 unspecified atom stereocenters. The van der Waals surface area contributed by atoms with Gasteiger partial charge in [-0.25, -0.2) is 18.2 Å². The van der Waals surface area contributed by atoms with Crippen molar-refractivity contribution in [2.75, 3.05) is 39.0 Å². The van der Waals surface area contributed by atoms with Gasteiger partial charge in [0.1, 0.15) is 12.4 Å². The first-order valence-corrected chi connectivity index (χ1v) is 13.1. The minimum absolute atomic E-state index is 0.00948. The molecule has 5 rings (SSSR count). The third-order valence-electron chi connectivity index (χ3n) is 7.32. The monoisotopic (exact) mass is 464 g/mol. The number of halogens is 1. The van der Waals surface area contributed by atoms with Crippen molar-refractivity contribution < 1.29 is 22.9 Å². The van der Waals surface area contributed by atoms with Crippen molar-refractivity contribution in [3.8, 4) is 0 Å². The fourth-order valence-electron chi connectivity index (χ4n) is 5.91. The van der Waals surface area contributed by atoms with Crippen molar-refractivity contribution in [3.05, 3.63) is 29.6 Å². The maximum atomic E-state index is 13.6. The average Bonchev–Trinajstić information content (AvgIpc) is 2.68.